The Morgan fingerprint density at radius 3 is 2.47 bits per heavy atom. The van der Waals surface area contributed by atoms with E-state index in [1.54, 1.807) is 12.1 Å². The predicted octanol–water partition coefficient (Wildman–Crippen LogP) is 4.14. The van der Waals surface area contributed by atoms with Crippen LogP contribution in [0.2, 0.25) is 5.02 Å². The van der Waals surface area contributed by atoms with Gasteiger partial charge in [0.15, 0.2) is 0 Å². The minimum absolute atomic E-state index is 0.0902. The molecule has 3 aromatic rings. The van der Waals surface area contributed by atoms with Crippen molar-refractivity contribution in [2.75, 3.05) is 0 Å². The molecule has 1 heterocycles. The highest BCUT2D eigenvalue weighted by Crippen LogP contribution is 2.30. The Kier molecular flexibility index (Phi) is 3.09. The van der Waals surface area contributed by atoms with Gasteiger partial charge in [-0.25, -0.2) is 0 Å². The molecule has 19 heavy (non-hydrogen) atoms. The third kappa shape index (κ3) is 2.05. The normalized spacial score (nSPS) is 10.8. The Bertz CT molecular complexity index is 826. The second-order valence-electron chi connectivity index (χ2n) is 4.20. The minimum atomic E-state index is -0.0902. The Hall–Kier alpha value is -1.71. The number of pyridine rings is 1. The van der Waals surface area contributed by atoms with Crippen molar-refractivity contribution in [2.45, 2.75) is 4.90 Å². The van der Waals surface area contributed by atoms with Crippen molar-refractivity contribution in [3.63, 3.8) is 0 Å². The van der Waals surface area contributed by atoms with Crippen molar-refractivity contribution < 1.29 is 0 Å². The molecule has 2 aromatic carbocycles. The number of rotatable bonds is 1. The smallest absolute Gasteiger partial charge is 0.203 e. The Labute approximate surface area is 120 Å². The summed E-state index contributed by atoms with van der Waals surface area (Å²) in [6, 6.07) is 14.7. The zero-order chi connectivity index (χ0) is 13.4. The summed E-state index contributed by atoms with van der Waals surface area (Å²) in [7, 11) is 0. The number of para-hydroxylation sites is 1. The van der Waals surface area contributed by atoms with Crippen LogP contribution in [0.5, 0.6) is 0 Å². The van der Waals surface area contributed by atoms with Crippen LogP contribution < -0.4 is 5.43 Å². The van der Waals surface area contributed by atoms with Gasteiger partial charge >= 0.3 is 0 Å². The number of fused-ring (bicyclic) bond motifs is 1. The monoisotopic (exact) mass is 287 g/mol. The van der Waals surface area contributed by atoms with Crippen molar-refractivity contribution >= 4 is 35.1 Å². The van der Waals surface area contributed by atoms with E-state index in [9.17, 15) is 4.79 Å². The van der Waals surface area contributed by atoms with Gasteiger partial charge in [0.05, 0.1) is 10.6 Å². The lowest BCUT2D eigenvalue weighted by molar-refractivity contribution is 1.27. The van der Waals surface area contributed by atoms with Crippen LogP contribution in [0.3, 0.4) is 0 Å². The first kappa shape index (κ1) is 12.3. The topological polar surface area (TPSA) is 32.9 Å². The zero-order valence-corrected chi connectivity index (χ0v) is 11.5. The molecule has 0 aliphatic carbocycles. The maximum absolute atomic E-state index is 12.3. The molecule has 4 heteroatoms. The predicted molar refractivity (Wildman–Crippen MR) is 82.3 cm³/mol. The van der Waals surface area contributed by atoms with Crippen LogP contribution in [0.15, 0.2) is 58.2 Å². The summed E-state index contributed by atoms with van der Waals surface area (Å²) in [4.78, 5) is 15.9. The fourth-order valence-electron chi connectivity index (χ4n) is 2.08. The van der Waals surface area contributed by atoms with E-state index >= 15 is 0 Å². The molecule has 0 spiro atoms. The first-order valence-corrected chi connectivity index (χ1v) is 6.60. The van der Waals surface area contributed by atoms with Crippen molar-refractivity contribution in [3.8, 4) is 11.3 Å². The molecule has 0 saturated carbocycles. The number of nitrogens with one attached hydrogen (secondary N) is 1. The Balaban J connectivity index is 2.40. The van der Waals surface area contributed by atoms with Crippen LogP contribution in [0.25, 0.3) is 22.2 Å². The van der Waals surface area contributed by atoms with E-state index in [2.05, 4.69) is 17.6 Å². The van der Waals surface area contributed by atoms with Gasteiger partial charge in [0.2, 0.25) is 5.43 Å². The zero-order valence-electron chi connectivity index (χ0n) is 9.85. The molecule has 0 fully saturated rings. The minimum Gasteiger partial charge on any atom is -0.353 e. The van der Waals surface area contributed by atoms with Crippen LogP contribution in [0, 0.1) is 0 Å². The molecule has 0 atom stereocenters. The van der Waals surface area contributed by atoms with E-state index in [4.69, 9.17) is 11.6 Å². The van der Waals surface area contributed by atoms with E-state index < -0.39 is 0 Å². The number of aromatic nitrogens is 1. The quantitative estimate of drug-likeness (QED) is 0.648. The number of hydrogen-bond acceptors (Lipinski definition) is 2. The van der Waals surface area contributed by atoms with E-state index in [-0.39, 0.29) is 5.43 Å². The van der Waals surface area contributed by atoms with Crippen LogP contribution in [-0.4, -0.2) is 4.98 Å². The summed E-state index contributed by atoms with van der Waals surface area (Å²) in [6.07, 6.45) is 0. The summed E-state index contributed by atoms with van der Waals surface area (Å²) in [6.45, 7) is 0. The third-order valence-corrected chi connectivity index (χ3v) is 3.78. The number of aromatic amines is 1. The highest BCUT2D eigenvalue weighted by Gasteiger charge is 2.12. The van der Waals surface area contributed by atoms with E-state index in [0.29, 0.717) is 21.0 Å². The van der Waals surface area contributed by atoms with Gasteiger partial charge in [-0.05, 0) is 18.2 Å². The number of benzene rings is 2. The molecular weight excluding hydrogens is 278 g/mol. The largest absolute Gasteiger partial charge is 0.353 e. The summed E-state index contributed by atoms with van der Waals surface area (Å²) in [5.74, 6) is 0. The SMILES string of the molecule is O=c1c(S)c(-c2ccccc2Cl)[nH]c2ccccc12. The Morgan fingerprint density at radius 1 is 1.00 bits per heavy atom. The van der Waals surface area contributed by atoms with Gasteiger partial charge < -0.3 is 4.98 Å². The summed E-state index contributed by atoms with van der Waals surface area (Å²) < 4.78 is 0. The van der Waals surface area contributed by atoms with Crippen LogP contribution in [0.4, 0.5) is 0 Å². The van der Waals surface area contributed by atoms with E-state index in [1.165, 1.54) is 0 Å². The molecule has 3 rings (SSSR count). The van der Waals surface area contributed by atoms with Crippen LogP contribution in [-0.2, 0) is 0 Å². The molecule has 0 unspecified atom stereocenters. The molecule has 0 aliphatic heterocycles. The lowest BCUT2D eigenvalue weighted by atomic mass is 10.1. The molecule has 2 nitrogen and oxygen atoms in total. The molecule has 94 valence electrons. The standard InChI is InChI=1S/C15H10ClNOS/c16-11-7-3-1-5-9(11)13-15(19)14(18)10-6-2-4-8-12(10)17-13/h1-8,19H,(H,17,18). The first-order valence-electron chi connectivity index (χ1n) is 5.77. The van der Waals surface area contributed by atoms with E-state index in [0.717, 1.165) is 11.1 Å². The number of thiol groups is 1. The first-order chi connectivity index (χ1) is 9.18. The molecule has 0 saturated heterocycles. The van der Waals surface area contributed by atoms with Crippen LogP contribution in [0.1, 0.15) is 0 Å². The van der Waals surface area contributed by atoms with Crippen molar-refractivity contribution in [1.29, 1.82) is 0 Å². The molecule has 0 bridgehead atoms. The summed E-state index contributed by atoms with van der Waals surface area (Å²) >= 11 is 10.5. The van der Waals surface area contributed by atoms with Crippen molar-refractivity contribution in [2.24, 2.45) is 0 Å². The van der Waals surface area contributed by atoms with Crippen LogP contribution >= 0.6 is 24.2 Å². The molecule has 0 aliphatic rings. The van der Waals surface area contributed by atoms with E-state index in [1.807, 2.05) is 36.4 Å². The van der Waals surface area contributed by atoms with Gasteiger partial charge in [-0.1, -0.05) is 41.9 Å². The average Bonchev–Trinajstić information content (AvgIpc) is 2.44. The van der Waals surface area contributed by atoms with Gasteiger partial charge in [0, 0.05) is 21.5 Å². The molecule has 0 radical (unpaired) electrons. The van der Waals surface area contributed by atoms with Gasteiger partial charge in [0.25, 0.3) is 0 Å². The molecule has 1 aromatic heterocycles. The third-order valence-electron chi connectivity index (χ3n) is 3.03. The fourth-order valence-corrected chi connectivity index (χ4v) is 2.61. The lowest BCUT2D eigenvalue weighted by Gasteiger charge is -2.09. The van der Waals surface area contributed by atoms with Gasteiger partial charge in [0.1, 0.15) is 0 Å². The summed E-state index contributed by atoms with van der Waals surface area (Å²) in [5, 5.41) is 1.21. The highest BCUT2D eigenvalue weighted by atomic mass is 35.5. The number of H-pyrrole nitrogens is 1. The molecule has 0 amide bonds. The molecular formula is C15H10ClNOS. The second kappa shape index (κ2) is 4.76. The number of halogens is 1. The maximum atomic E-state index is 12.3. The van der Waals surface area contributed by atoms with Crippen molar-refractivity contribution in [1.82, 2.24) is 4.98 Å². The fraction of sp³-hybridized carbons (Fsp3) is 0. The maximum Gasteiger partial charge on any atom is 0.203 e. The second-order valence-corrected chi connectivity index (χ2v) is 5.06. The van der Waals surface area contributed by atoms with Gasteiger partial charge in [-0.2, -0.15) is 0 Å². The number of hydrogen-bond donors (Lipinski definition) is 2. The lowest BCUT2D eigenvalue weighted by Crippen LogP contribution is -2.07. The van der Waals surface area contributed by atoms with Gasteiger partial charge in [-0.3, -0.25) is 4.79 Å². The van der Waals surface area contributed by atoms with Gasteiger partial charge in [-0.15, -0.1) is 12.6 Å². The highest BCUT2D eigenvalue weighted by molar-refractivity contribution is 7.80. The van der Waals surface area contributed by atoms with Crippen molar-refractivity contribution in [3.05, 3.63) is 63.8 Å². The Morgan fingerprint density at radius 2 is 1.68 bits per heavy atom. The summed E-state index contributed by atoms with van der Waals surface area (Å²) in [5.41, 5.74) is 2.11. The molecule has 1 N–H and O–H groups in total. The average molecular weight is 288 g/mol.